The molecule has 1 spiro atoms. The lowest BCUT2D eigenvalue weighted by Gasteiger charge is -2.69. The third-order valence-electron chi connectivity index (χ3n) is 9.72. The molecule has 0 aromatic carbocycles. The van der Waals surface area contributed by atoms with Crippen molar-refractivity contribution in [3.63, 3.8) is 0 Å². The number of fused-ring (bicyclic) bond motifs is 3. The summed E-state index contributed by atoms with van der Waals surface area (Å²) in [7, 11) is 0. The van der Waals surface area contributed by atoms with Gasteiger partial charge in [0.25, 0.3) is 0 Å². The number of hydrogen-bond acceptors (Lipinski definition) is 10. The predicted octanol–water partition coefficient (Wildman–Crippen LogP) is 2.29. The van der Waals surface area contributed by atoms with Crippen LogP contribution in [0.25, 0.3) is 0 Å². The fourth-order valence-corrected chi connectivity index (χ4v) is 8.75. The van der Waals surface area contributed by atoms with Crippen molar-refractivity contribution in [3.8, 4) is 0 Å². The Bertz CT molecular complexity index is 1090. The van der Waals surface area contributed by atoms with Crippen LogP contribution < -0.4 is 0 Å². The smallest absolute Gasteiger partial charge is 0.303 e. The van der Waals surface area contributed by atoms with E-state index in [9.17, 15) is 29.1 Å². The molecule has 0 heterocycles. The summed E-state index contributed by atoms with van der Waals surface area (Å²) in [6.07, 6.45) is -4.46. The molecule has 4 saturated carbocycles. The third kappa shape index (κ3) is 3.89. The number of hydrogen-bond donors (Lipinski definition) is 1. The van der Waals surface area contributed by atoms with Gasteiger partial charge in [0.15, 0.2) is 11.9 Å². The topological polar surface area (TPSA) is 143 Å². The van der Waals surface area contributed by atoms with Crippen molar-refractivity contribution in [2.45, 2.75) is 98.2 Å². The van der Waals surface area contributed by atoms with Crippen LogP contribution in [0.2, 0.25) is 0 Å². The van der Waals surface area contributed by atoms with Gasteiger partial charge < -0.3 is 24.1 Å². The van der Waals surface area contributed by atoms with Crippen molar-refractivity contribution in [2.24, 2.45) is 34.0 Å². The predicted molar refractivity (Wildman–Crippen MR) is 131 cm³/mol. The number of aliphatic hydroxyl groups excluding tert-OH is 1. The molecule has 10 nitrogen and oxygen atoms in total. The lowest BCUT2D eigenvalue weighted by atomic mass is 9.37. The third-order valence-corrected chi connectivity index (χ3v) is 9.72. The first-order chi connectivity index (χ1) is 17.5. The van der Waals surface area contributed by atoms with E-state index in [0.717, 1.165) is 0 Å². The van der Waals surface area contributed by atoms with Crippen LogP contribution >= 0.6 is 0 Å². The fraction of sp³-hybridized carbons (Fsp3) is 0.750. The van der Waals surface area contributed by atoms with Gasteiger partial charge in [-0.3, -0.25) is 24.0 Å². The van der Waals surface area contributed by atoms with E-state index < -0.39 is 82.5 Å². The van der Waals surface area contributed by atoms with Gasteiger partial charge in [-0.1, -0.05) is 27.4 Å². The molecule has 210 valence electrons. The fourth-order valence-electron chi connectivity index (χ4n) is 8.75. The van der Waals surface area contributed by atoms with Crippen LogP contribution in [0.5, 0.6) is 0 Å². The van der Waals surface area contributed by atoms with Crippen molar-refractivity contribution in [2.75, 3.05) is 0 Å². The minimum atomic E-state index is -1.44. The highest BCUT2D eigenvalue weighted by molar-refractivity contribution is 6.04. The largest absolute Gasteiger partial charge is 0.462 e. The molecular weight excluding hydrogens is 496 g/mol. The van der Waals surface area contributed by atoms with Crippen LogP contribution in [0.15, 0.2) is 12.2 Å². The summed E-state index contributed by atoms with van der Waals surface area (Å²) >= 11 is 0. The average molecular weight is 535 g/mol. The highest BCUT2D eigenvalue weighted by atomic mass is 16.6. The van der Waals surface area contributed by atoms with E-state index in [-0.39, 0.29) is 24.5 Å². The van der Waals surface area contributed by atoms with Crippen molar-refractivity contribution in [1.29, 1.82) is 0 Å². The lowest BCUT2D eigenvalue weighted by molar-refractivity contribution is -0.309. The van der Waals surface area contributed by atoms with Gasteiger partial charge in [-0.05, 0) is 24.3 Å². The number of carbonyl (C=O) groups is 5. The number of aliphatic hydroxyl groups is 1. The zero-order chi connectivity index (χ0) is 28.5. The van der Waals surface area contributed by atoms with Crippen molar-refractivity contribution < 1.29 is 48.0 Å². The van der Waals surface area contributed by atoms with Gasteiger partial charge in [0.1, 0.15) is 18.3 Å². The summed E-state index contributed by atoms with van der Waals surface area (Å²) in [5, 5.41) is 11.9. The monoisotopic (exact) mass is 534 g/mol. The van der Waals surface area contributed by atoms with Crippen LogP contribution in [-0.2, 0) is 42.9 Å². The molecule has 4 aliphatic rings. The molecule has 10 atom stereocenters. The molecule has 2 bridgehead atoms. The van der Waals surface area contributed by atoms with Gasteiger partial charge in [0, 0.05) is 56.8 Å². The minimum Gasteiger partial charge on any atom is -0.462 e. The molecule has 0 amide bonds. The highest BCUT2D eigenvalue weighted by Crippen LogP contribution is 2.72. The molecular formula is C28H38O10. The van der Waals surface area contributed by atoms with Gasteiger partial charge in [-0.25, -0.2) is 0 Å². The second-order valence-corrected chi connectivity index (χ2v) is 12.3. The highest BCUT2D eigenvalue weighted by Gasteiger charge is 2.80. The van der Waals surface area contributed by atoms with Gasteiger partial charge in [0.05, 0.1) is 11.5 Å². The first kappa shape index (κ1) is 28.3. The van der Waals surface area contributed by atoms with Gasteiger partial charge >= 0.3 is 23.9 Å². The molecule has 0 aromatic rings. The van der Waals surface area contributed by atoms with E-state index >= 15 is 0 Å². The van der Waals surface area contributed by atoms with E-state index in [1.807, 2.05) is 20.8 Å². The Morgan fingerprint density at radius 1 is 0.842 bits per heavy atom. The summed E-state index contributed by atoms with van der Waals surface area (Å²) in [5.74, 6) is -4.63. The van der Waals surface area contributed by atoms with Gasteiger partial charge in [-0.2, -0.15) is 0 Å². The second-order valence-electron chi connectivity index (χ2n) is 12.3. The van der Waals surface area contributed by atoms with E-state index in [2.05, 4.69) is 6.58 Å². The number of ketones is 1. The first-order valence-electron chi connectivity index (χ1n) is 13.1. The second kappa shape index (κ2) is 9.17. The Hall–Kier alpha value is -2.75. The van der Waals surface area contributed by atoms with Gasteiger partial charge in [-0.15, -0.1) is 0 Å². The Morgan fingerprint density at radius 2 is 1.39 bits per heavy atom. The Balaban J connectivity index is 2.04. The van der Waals surface area contributed by atoms with Crippen LogP contribution in [0.3, 0.4) is 0 Å². The number of Topliss-reactive ketones (excluding diaryl/α,β-unsaturated/α-hetero) is 1. The van der Waals surface area contributed by atoms with Crippen molar-refractivity contribution in [1.82, 2.24) is 0 Å². The van der Waals surface area contributed by atoms with Crippen LogP contribution in [0.4, 0.5) is 0 Å². The Kier molecular flexibility index (Phi) is 6.82. The summed E-state index contributed by atoms with van der Waals surface area (Å²) < 4.78 is 23.3. The molecule has 1 N–H and O–H groups in total. The van der Waals surface area contributed by atoms with E-state index in [0.29, 0.717) is 12.0 Å². The minimum absolute atomic E-state index is 0.0581. The maximum Gasteiger partial charge on any atom is 0.303 e. The van der Waals surface area contributed by atoms with Crippen LogP contribution in [0, 0.1) is 34.0 Å². The standard InChI is InChI=1S/C28H38O10/c1-12-17-9-18(35-13(2)29)22-27(8)19(33)10-20(36-14(3)30)26(6,7)23(27)21(37-15(4)31)25(38-16(5)32)28(22,11-17)24(12)34/h17-23,25,33H,1,9-11H2,2-8H3/t17-,18+,19+,20+,21-,22+,23-,25+,27+,28+/m1/s1. The van der Waals surface area contributed by atoms with E-state index in [1.165, 1.54) is 27.7 Å². The SMILES string of the molecule is C=C1C(=O)[C@]23C[C@H]1C[C@H](OC(C)=O)[C@H]2[C@@]1(C)[C@H]([C@@H](OC(C)=O)[C@@H]3OC(C)=O)C(C)(C)[C@@H](OC(C)=O)C[C@@H]1O. The van der Waals surface area contributed by atoms with Gasteiger partial charge in [0.2, 0.25) is 0 Å². The molecule has 4 rings (SSSR count). The molecule has 38 heavy (non-hydrogen) atoms. The molecule has 0 radical (unpaired) electrons. The number of ether oxygens (including phenoxy) is 4. The quantitative estimate of drug-likeness (QED) is 0.324. The molecule has 10 heteroatoms. The lowest BCUT2D eigenvalue weighted by Crippen LogP contribution is -2.77. The van der Waals surface area contributed by atoms with E-state index in [1.54, 1.807) is 0 Å². The summed E-state index contributed by atoms with van der Waals surface area (Å²) in [4.78, 5) is 63.5. The number of carbonyl (C=O) groups excluding carboxylic acids is 5. The number of allylic oxidation sites excluding steroid dienone is 1. The van der Waals surface area contributed by atoms with Crippen LogP contribution in [0.1, 0.15) is 67.7 Å². The molecule has 4 aliphatic carbocycles. The Morgan fingerprint density at radius 3 is 1.92 bits per heavy atom. The summed E-state index contributed by atoms with van der Waals surface area (Å²) in [6.45, 7) is 14.5. The van der Waals surface area contributed by atoms with Crippen LogP contribution in [-0.4, -0.2) is 65.3 Å². The molecule has 0 saturated heterocycles. The molecule has 0 unspecified atom stereocenters. The summed E-state index contributed by atoms with van der Waals surface area (Å²) in [6, 6.07) is 0. The van der Waals surface area contributed by atoms with Crippen molar-refractivity contribution in [3.05, 3.63) is 12.2 Å². The maximum atomic E-state index is 14.2. The maximum absolute atomic E-state index is 14.2. The van der Waals surface area contributed by atoms with E-state index in [4.69, 9.17) is 18.9 Å². The zero-order valence-electron chi connectivity index (χ0n) is 23.1. The normalized spacial score (nSPS) is 42.8. The zero-order valence-corrected chi connectivity index (χ0v) is 23.1. The number of rotatable bonds is 4. The summed E-state index contributed by atoms with van der Waals surface area (Å²) in [5.41, 5.74) is -3.20. The number of esters is 4. The van der Waals surface area contributed by atoms with Crippen molar-refractivity contribution >= 4 is 29.7 Å². The molecule has 0 aromatic heterocycles. The first-order valence-corrected chi connectivity index (χ1v) is 13.1. The Labute approximate surface area is 222 Å². The molecule has 0 aliphatic heterocycles. The average Bonchev–Trinajstić information content (AvgIpc) is 2.95. The molecule has 4 fully saturated rings.